The predicted molar refractivity (Wildman–Crippen MR) is 69.1 cm³/mol. The van der Waals surface area contributed by atoms with Gasteiger partial charge in [0.05, 0.1) is 12.7 Å². The summed E-state index contributed by atoms with van der Waals surface area (Å²) in [7, 11) is 1.76. The first kappa shape index (κ1) is 13.3. The molecule has 0 bridgehead atoms. The van der Waals surface area contributed by atoms with Gasteiger partial charge in [0, 0.05) is 32.2 Å². The molecule has 3 heteroatoms. The van der Waals surface area contributed by atoms with E-state index in [4.69, 9.17) is 9.47 Å². The molecule has 0 spiro atoms. The Morgan fingerprint density at radius 2 is 2.18 bits per heavy atom. The van der Waals surface area contributed by atoms with Crippen LogP contribution in [0.3, 0.4) is 0 Å². The third kappa shape index (κ3) is 2.83. The molecule has 0 radical (unpaired) electrons. The van der Waals surface area contributed by atoms with Gasteiger partial charge < -0.3 is 14.8 Å². The van der Waals surface area contributed by atoms with Gasteiger partial charge in [-0.05, 0) is 31.1 Å². The molecule has 2 atom stereocenters. The second-order valence-electron chi connectivity index (χ2n) is 5.94. The van der Waals surface area contributed by atoms with Crippen molar-refractivity contribution in [2.75, 3.05) is 33.4 Å². The summed E-state index contributed by atoms with van der Waals surface area (Å²) in [4.78, 5) is 0. The van der Waals surface area contributed by atoms with Gasteiger partial charge in [-0.1, -0.05) is 13.8 Å². The molecule has 2 aliphatic rings. The lowest BCUT2D eigenvalue weighted by Gasteiger charge is -2.38. The van der Waals surface area contributed by atoms with E-state index in [9.17, 15) is 0 Å². The summed E-state index contributed by atoms with van der Waals surface area (Å²) in [5.41, 5.74) is 0.356. The van der Waals surface area contributed by atoms with Crippen LogP contribution in [-0.2, 0) is 9.47 Å². The molecule has 17 heavy (non-hydrogen) atoms. The normalized spacial score (nSPS) is 33.5. The van der Waals surface area contributed by atoms with Gasteiger partial charge in [-0.3, -0.25) is 0 Å². The molecule has 1 N–H and O–H groups in total. The molecule has 1 aliphatic carbocycles. The van der Waals surface area contributed by atoms with Crippen LogP contribution in [0, 0.1) is 17.3 Å². The van der Waals surface area contributed by atoms with Crippen LogP contribution >= 0.6 is 0 Å². The van der Waals surface area contributed by atoms with Crippen molar-refractivity contribution in [1.29, 1.82) is 0 Å². The van der Waals surface area contributed by atoms with E-state index in [-0.39, 0.29) is 0 Å². The number of hydrogen-bond donors (Lipinski definition) is 1. The minimum absolute atomic E-state index is 0.356. The standard InChI is InChI=1S/C14H27NO2/c1-11(2)14(10-15-7-9-16-3)6-8-17-13(14)12-4-5-12/h11-13,15H,4-10H2,1-3H3. The fourth-order valence-electron chi connectivity index (χ4n) is 3.19. The molecule has 1 saturated heterocycles. The van der Waals surface area contributed by atoms with Crippen LogP contribution in [0.1, 0.15) is 33.1 Å². The molecule has 2 unspecified atom stereocenters. The van der Waals surface area contributed by atoms with E-state index in [1.807, 2.05) is 0 Å². The lowest BCUT2D eigenvalue weighted by atomic mass is 9.70. The van der Waals surface area contributed by atoms with E-state index in [0.717, 1.165) is 32.2 Å². The fraction of sp³-hybridized carbons (Fsp3) is 1.00. The van der Waals surface area contributed by atoms with Crippen molar-refractivity contribution in [2.24, 2.45) is 17.3 Å². The Balaban J connectivity index is 1.93. The zero-order valence-corrected chi connectivity index (χ0v) is 11.5. The predicted octanol–water partition coefficient (Wildman–Crippen LogP) is 2.06. The Morgan fingerprint density at radius 1 is 1.41 bits per heavy atom. The Labute approximate surface area is 105 Å². The van der Waals surface area contributed by atoms with Gasteiger partial charge in [-0.2, -0.15) is 0 Å². The summed E-state index contributed by atoms with van der Waals surface area (Å²) in [5, 5.41) is 3.56. The van der Waals surface area contributed by atoms with Crippen LogP contribution in [-0.4, -0.2) is 39.5 Å². The van der Waals surface area contributed by atoms with Crippen LogP contribution in [0.2, 0.25) is 0 Å². The summed E-state index contributed by atoms with van der Waals surface area (Å²) in [6.45, 7) is 8.47. The molecule has 2 rings (SSSR count). The van der Waals surface area contributed by atoms with E-state index in [1.54, 1.807) is 7.11 Å². The zero-order chi connectivity index (χ0) is 12.3. The third-order valence-electron chi connectivity index (χ3n) is 4.57. The first-order valence-corrected chi connectivity index (χ1v) is 7.02. The maximum absolute atomic E-state index is 6.04. The quantitative estimate of drug-likeness (QED) is 0.692. The van der Waals surface area contributed by atoms with Crippen LogP contribution in [0.4, 0.5) is 0 Å². The largest absolute Gasteiger partial charge is 0.383 e. The second kappa shape index (κ2) is 5.68. The fourth-order valence-corrected chi connectivity index (χ4v) is 3.19. The van der Waals surface area contributed by atoms with Gasteiger partial charge >= 0.3 is 0 Å². The van der Waals surface area contributed by atoms with Crippen LogP contribution in [0.5, 0.6) is 0 Å². The Bertz CT molecular complexity index is 240. The van der Waals surface area contributed by atoms with E-state index in [0.29, 0.717) is 17.4 Å². The van der Waals surface area contributed by atoms with Crippen LogP contribution in [0.25, 0.3) is 0 Å². The van der Waals surface area contributed by atoms with E-state index in [1.165, 1.54) is 19.3 Å². The van der Waals surface area contributed by atoms with E-state index >= 15 is 0 Å². The Morgan fingerprint density at radius 3 is 2.76 bits per heavy atom. The monoisotopic (exact) mass is 241 g/mol. The lowest BCUT2D eigenvalue weighted by Crippen LogP contribution is -2.46. The van der Waals surface area contributed by atoms with Crippen molar-refractivity contribution < 1.29 is 9.47 Å². The van der Waals surface area contributed by atoms with Crippen molar-refractivity contribution in [1.82, 2.24) is 5.32 Å². The summed E-state index contributed by atoms with van der Waals surface area (Å²) in [5.74, 6) is 1.52. The molecule has 0 amide bonds. The molecular formula is C14H27NO2. The number of rotatable bonds is 7. The number of nitrogens with one attached hydrogen (secondary N) is 1. The van der Waals surface area contributed by atoms with Gasteiger partial charge in [-0.25, -0.2) is 0 Å². The minimum atomic E-state index is 0.356. The maximum atomic E-state index is 6.04. The highest BCUT2D eigenvalue weighted by atomic mass is 16.5. The number of methoxy groups -OCH3 is 1. The maximum Gasteiger partial charge on any atom is 0.0674 e. The van der Waals surface area contributed by atoms with Gasteiger partial charge in [0.1, 0.15) is 0 Å². The van der Waals surface area contributed by atoms with Gasteiger partial charge in [0.25, 0.3) is 0 Å². The highest BCUT2D eigenvalue weighted by molar-refractivity contribution is 5.02. The SMILES string of the molecule is COCCNCC1(C(C)C)CCOC1C1CC1. The molecular weight excluding hydrogens is 214 g/mol. The summed E-state index contributed by atoms with van der Waals surface area (Å²) in [6.07, 6.45) is 4.46. The van der Waals surface area contributed by atoms with Gasteiger partial charge in [0.15, 0.2) is 0 Å². The van der Waals surface area contributed by atoms with Crippen LogP contribution in [0.15, 0.2) is 0 Å². The average Bonchev–Trinajstić information content (AvgIpc) is 3.05. The topological polar surface area (TPSA) is 30.5 Å². The first-order chi connectivity index (χ1) is 8.20. The second-order valence-corrected chi connectivity index (χ2v) is 5.94. The lowest BCUT2D eigenvalue weighted by molar-refractivity contribution is 0.00690. The average molecular weight is 241 g/mol. The minimum Gasteiger partial charge on any atom is -0.383 e. The molecule has 100 valence electrons. The van der Waals surface area contributed by atoms with Crippen molar-refractivity contribution in [2.45, 2.75) is 39.2 Å². The summed E-state index contributed by atoms with van der Waals surface area (Å²) in [6, 6.07) is 0. The molecule has 0 aromatic rings. The smallest absolute Gasteiger partial charge is 0.0674 e. The Hall–Kier alpha value is -0.120. The van der Waals surface area contributed by atoms with Crippen LogP contribution < -0.4 is 5.32 Å². The molecule has 1 saturated carbocycles. The number of hydrogen-bond acceptors (Lipinski definition) is 3. The molecule has 0 aromatic carbocycles. The third-order valence-corrected chi connectivity index (χ3v) is 4.57. The summed E-state index contributed by atoms with van der Waals surface area (Å²) >= 11 is 0. The summed E-state index contributed by atoms with van der Waals surface area (Å²) < 4.78 is 11.1. The van der Waals surface area contributed by atoms with E-state index < -0.39 is 0 Å². The van der Waals surface area contributed by atoms with E-state index in [2.05, 4.69) is 19.2 Å². The van der Waals surface area contributed by atoms with Crippen molar-refractivity contribution in [3.63, 3.8) is 0 Å². The van der Waals surface area contributed by atoms with Gasteiger partial charge in [-0.15, -0.1) is 0 Å². The van der Waals surface area contributed by atoms with Gasteiger partial charge in [0.2, 0.25) is 0 Å². The highest BCUT2D eigenvalue weighted by Gasteiger charge is 2.52. The molecule has 2 fully saturated rings. The Kier molecular flexibility index (Phi) is 4.45. The highest BCUT2D eigenvalue weighted by Crippen LogP contribution is 2.51. The van der Waals surface area contributed by atoms with Crippen molar-refractivity contribution in [3.05, 3.63) is 0 Å². The molecule has 3 nitrogen and oxygen atoms in total. The van der Waals surface area contributed by atoms with Crippen molar-refractivity contribution >= 4 is 0 Å². The zero-order valence-electron chi connectivity index (χ0n) is 11.5. The first-order valence-electron chi connectivity index (χ1n) is 7.02. The molecule has 1 heterocycles. The number of ether oxygens (including phenoxy) is 2. The molecule has 0 aromatic heterocycles. The van der Waals surface area contributed by atoms with Crippen molar-refractivity contribution in [3.8, 4) is 0 Å². The molecule has 1 aliphatic heterocycles.